The number of nitrogens with one attached hydrogen (secondary N) is 1. The highest BCUT2D eigenvalue weighted by molar-refractivity contribution is 5.94. The van der Waals surface area contributed by atoms with Crippen molar-refractivity contribution >= 4 is 34.9 Å². The fourth-order valence-corrected chi connectivity index (χ4v) is 3.71. The van der Waals surface area contributed by atoms with Crippen LogP contribution in [0.1, 0.15) is 17.3 Å². The number of hydrogen-bond donors (Lipinski definition) is 1. The maximum absolute atomic E-state index is 12.8. The van der Waals surface area contributed by atoms with Crippen LogP contribution in [0.2, 0.25) is 0 Å². The van der Waals surface area contributed by atoms with Gasteiger partial charge in [-0.25, -0.2) is 14.8 Å². The third-order valence-corrected chi connectivity index (χ3v) is 5.54. The molecule has 0 bridgehead atoms. The molecule has 1 N–H and O–H groups in total. The highest BCUT2D eigenvalue weighted by atomic mass is 16.6. The van der Waals surface area contributed by atoms with Crippen LogP contribution in [-0.4, -0.2) is 64.0 Å². The molecule has 1 unspecified atom stereocenters. The molecule has 1 atom stereocenters. The van der Waals surface area contributed by atoms with Gasteiger partial charge in [0.05, 0.1) is 10.5 Å². The molecular weight excluding hydrogens is 452 g/mol. The van der Waals surface area contributed by atoms with Crippen LogP contribution < -0.4 is 10.2 Å². The Bertz CT molecular complexity index is 1200. The van der Waals surface area contributed by atoms with Gasteiger partial charge < -0.3 is 19.9 Å². The molecule has 4 rings (SSSR count). The van der Waals surface area contributed by atoms with E-state index >= 15 is 0 Å². The normalized spacial score (nSPS) is 14.2. The van der Waals surface area contributed by atoms with Crippen LogP contribution in [0.4, 0.5) is 23.0 Å². The molecule has 1 amide bonds. The number of nitro benzene ring substituents is 1. The molecule has 180 valence electrons. The summed E-state index contributed by atoms with van der Waals surface area (Å²) in [7, 11) is 0. The van der Waals surface area contributed by atoms with E-state index in [9.17, 15) is 19.7 Å². The second kappa shape index (κ2) is 10.6. The van der Waals surface area contributed by atoms with Crippen molar-refractivity contribution < 1.29 is 19.2 Å². The zero-order chi connectivity index (χ0) is 24.8. The van der Waals surface area contributed by atoms with Crippen LogP contribution in [-0.2, 0) is 9.53 Å². The Morgan fingerprint density at radius 1 is 1.03 bits per heavy atom. The van der Waals surface area contributed by atoms with E-state index in [1.807, 2.05) is 11.0 Å². The summed E-state index contributed by atoms with van der Waals surface area (Å²) in [6.45, 7) is 3.47. The molecule has 11 nitrogen and oxygen atoms in total. The maximum Gasteiger partial charge on any atom is 0.339 e. The lowest BCUT2D eigenvalue weighted by Crippen LogP contribution is -2.52. The molecule has 1 aliphatic heterocycles. The first kappa shape index (κ1) is 23.6. The number of anilines is 3. The number of ether oxygens (including phenoxy) is 1. The lowest BCUT2D eigenvalue weighted by atomic mass is 10.1. The third-order valence-electron chi connectivity index (χ3n) is 5.54. The van der Waals surface area contributed by atoms with Gasteiger partial charge in [0.2, 0.25) is 5.95 Å². The number of carbonyl (C=O) groups excluding carboxylic acids is 2. The number of piperazine rings is 1. The average molecular weight is 476 g/mol. The van der Waals surface area contributed by atoms with Crippen LogP contribution in [0.5, 0.6) is 0 Å². The van der Waals surface area contributed by atoms with Crippen molar-refractivity contribution in [2.45, 2.75) is 13.0 Å². The second-order valence-electron chi connectivity index (χ2n) is 7.89. The molecule has 1 aromatic heterocycles. The highest BCUT2D eigenvalue weighted by Crippen LogP contribution is 2.29. The number of rotatable bonds is 7. The lowest BCUT2D eigenvalue weighted by molar-refractivity contribution is -0.383. The van der Waals surface area contributed by atoms with Crippen molar-refractivity contribution in [2.75, 3.05) is 36.4 Å². The minimum atomic E-state index is -1.04. The van der Waals surface area contributed by atoms with Gasteiger partial charge in [0.25, 0.3) is 11.6 Å². The molecule has 0 aliphatic carbocycles. The Hall–Kier alpha value is -4.54. The summed E-state index contributed by atoms with van der Waals surface area (Å²) in [6.07, 6.45) is 2.29. The number of hydrogen-bond acceptors (Lipinski definition) is 9. The molecule has 2 aromatic carbocycles. The van der Waals surface area contributed by atoms with Crippen LogP contribution in [0.25, 0.3) is 0 Å². The van der Waals surface area contributed by atoms with Crippen LogP contribution in [0.15, 0.2) is 67.0 Å². The molecule has 1 saturated heterocycles. The van der Waals surface area contributed by atoms with E-state index in [0.29, 0.717) is 37.8 Å². The molecule has 0 radical (unpaired) electrons. The van der Waals surface area contributed by atoms with Gasteiger partial charge in [-0.1, -0.05) is 18.2 Å². The summed E-state index contributed by atoms with van der Waals surface area (Å²) in [6, 6.07) is 14.7. The number of nitrogens with zero attached hydrogens (tertiary/aromatic N) is 5. The number of esters is 1. The first-order valence-corrected chi connectivity index (χ1v) is 11.0. The van der Waals surface area contributed by atoms with Gasteiger partial charge in [0.1, 0.15) is 5.69 Å². The summed E-state index contributed by atoms with van der Waals surface area (Å²) < 4.78 is 5.34. The number of amides is 1. The smallest absolute Gasteiger partial charge is 0.339 e. The van der Waals surface area contributed by atoms with E-state index < -0.39 is 17.0 Å². The Kier molecular flexibility index (Phi) is 7.15. The zero-order valence-corrected chi connectivity index (χ0v) is 19.0. The molecule has 2 heterocycles. The van der Waals surface area contributed by atoms with E-state index in [1.54, 1.807) is 47.6 Å². The van der Waals surface area contributed by atoms with Gasteiger partial charge in [0.15, 0.2) is 6.10 Å². The summed E-state index contributed by atoms with van der Waals surface area (Å²) in [5, 5.41) is 14.6. The predicted molar refractivity (Wildman–Crippen MR) is 129 cm³/mol. The molecule has 11 heteroatoms. The first-order valence-electron chi connectivity index (χ1n) is 11.0. The minimum Gasteiger partial charge on any atom is -0.449 e. The first-order chi connectivity index (χ1) is 16.9. The molecule has 1 aliphatic rings. The monoisotopic (exact) mass is 476 g/mol. The largest absolute Gasteiger partial charge is 0.449 e. The van der Waals surface area contributed by atoms with Crippen molar-refractivity contribution in [1.29, 1.82) is 0 Å². The molecule has 3 aromatic rings. The highest BCUT2D eigenvalue weighted by Gasteiger charge is 2.29. The fraction of sp³-hybridized carbons (Fsp3) is 0.250. The maximum atomic E-state index is 12.8. The van der Waals surface area contributed by atoms with E-state index in [1.165, 1.54) is 19.1 Å². The topological polar surface area (TPSA) is 131 Å². The lowest BCUT2D eigenvalue weighted by Gasteiger charge is -2.35. The van der Waals surface area contributed by atoms with Gasteiger partial charge in [-0.05, 0) is 37.3 Å². The fourth-order valence-electron chi connectivity index (χ4n) is 3.71. The number of benzene rings is 2. The Balaban J connectivity index is 1.37. The second-order valence-corrected chi connectivity index (χ2v) is 7.89. The molecule has 0 spiro atoms. The Labute approximate surface area is 201 Å². The standard InChI is InChI=1S/C24H24N6O5/c1-17(22(31)28-12-14-29(15-13-28)24-25-10-5-11-26-24)35-23(32)18-8-9-20(21(16-18)30(33)34)27-19-6-3-2-4-7-19/h2-11,16-17,27H,12-15H2,1H3. The number of aromatic nitrogens is 2. The van der Waals surface area contributed by atoms with Gasteiger partial charge in [-0.2, -0.15) is 0 Å². The van der Waals surface area contributed by atoms with Crippen molar-refractivity contribution in [2.24, 2.45) is 0 Å². The minimum absolute atomic E-state index is 0.0130. The van der Waals surface area contributed by atoms with E-state index in [4.69, 9.17) is 4.74 Å². The number of nitro groups is 1. The van der Waals surface area contributed by atoms with E-state index in [-0.39, 0.29) is 22.8 Å². The van der Waals surface area contributed by atoms with Gasteiger partial charge in [-0.3, -0.25) is 14.9 Å². The van der Waals surface area contributed by atoms with Crippen LogP contribution in [0, 0.1) is 10.1 Å². The number of para-hydroxylation sites is 1. The van der Waals surface area contributed by atoms with Gasteiger partial charge >= 0.3 is 5.97 Å². The summed E-state index contributed by atoms with van der Waals surface area (Å²) in [5.74, 6) is -0.536. The van der Waals surface area contributed by atoms with Gasteiger partial charge in [0, 0.05) is 50.3 Å². The molecule has 1 fully saturated rings. The molecular formula is C24H24N6O5. The predicted octanol–water partition coefficient (Wildman–Crippen LogP) is 3.02. The third kappa shape index (κ3) is 5.69. The summed E-state index contributed by atoms with van der Waals surface area (Å²) >= 11 is 0. The quantitative estimate of drug-likeness (QED) is 0.310. The Morgan fingerprint density at radius 2 is 1.71 bits per heavy atom. The summed E-state index contributed by atoms with van der Waals surface area (Å²) in [5.41, 5.74) is 0.619. The van der Waals surface area contributed by atoms with Gasteiger partial charge in [-0.15, -0.1) is 0 Å². The van der Waals surface area contributed by atoms with E-state index in [0.717, 1.165) is 6.07 Å². The van der Waals surface area contributed by atoms with Crippen molar-refractivity contribution in [3.05, 3.63) is 82.7 Å². The summed E-state index contributed by atoms with van der Waals surface area (Å²) in [4.78, 5) is 48.5. The average Bonchev–Trinajstić information content (AvgIpc) is 2.89. The Morgan fingerprint density at radius 3 is 2.37 bits per heavy atom. The van der Waals surface area contributed by atoms with Crippen molar-refractivity contribution in [3.8, 4) is 0 Å². The van der Waals surface area contributed by atoms with Crippen molar-refractivity contribution in [1.82, 2.24) is 14.9 Å². The molecule has 0 saturated carbocycles. The van der Waals surface area contributed by atoms with Crippen LogP contribution >= 0.6 is 0 Å². The van der Waals surface area contributed by atoms with E-state index in [2.05, 4.69) is 15.3 Å². The number of carbonyl (C=O) groups is 2. The SMILES string of the molecule is CC(OC(=O)c1ccc(Nc2ccccc2)c([N+](=O)[O-])c1)C(=O)N1CCN(c2ncccn2)CC1. The zero-order valence-electron chi connectivity index (χ0n) is 19.0. The molecule has 35 heavy (non-hydrogen) atoms. The van der Waals surface area contributed by atoms with Crippen molar-refractivity contribution in [3.63, 3.8) is 0 Å². The van der Waals surface area contributed by atoms with Crippen LogP contribution in [0.3, 0.4) is 0 Å².